The molecule has 2 atom stereocenters. The van der Waals surface area contributed by atoms with Crippen molar-refractivity contribution in [3.63, 3.8) is 0 Å². The maximum Gasteiger partial charge on any atom is 0.223 e. The molecule has 0 spiro atoms. The van der Waals surface area contributed by atoms with Crippen molar-refractivity contribution in [1.82, 2.24) is 15.3 Å². The first kappa shape index (κ1) is 14.4. The minimum atomic E-state index is 0.0439. The van der Waals surface area contributed by atoms with Crippen molar-refractivity contribution in [3.05, 3.63) is 58.7 Å². The van der Waals surface area contributed by atoms with E-state index in [0.717, 1.165) is 43.4 Å². The number of rotatable bonds is 2. The van der Waals surface area contributed by atoms with Crippen molar-refractivity contribution in [3.8, 4) is 0 Å². The fourth-order valence-corrected chi connectivity index (χ4v) is 3.96. The summed E-state index contributed by atoms with van der Waals surface area (Å²) in [6.45, 7) is 2.15. The zero-order valence-electron chi connectivity index (χ0n) is 13.4. The maximum atomic E-state index is 12.7. The highest BCUT2D eigenvalue weighted by Gasteiger charge is 2.30. The number of nitrogens with zero attached hydrogens (tertiary/aromatic N) is 2. The van der Waals surface area contributed by atoms with Crippen LogP contribution in [0.5, 0.6) is 0 Å². The molecule has 2 aromatic rings. The van der Waals surface area contributed by atoms with Crippen molar-refractivity contribution in [2.45, 2.75) is 45.1 Å². The minimum Gasteiger partial charge on any atom is -0.349 e. The number of aryl methyl sites for hydroxylation is 2. The first-order chi connectivity index (χ1) is 11.2. The second-order valence-electron chi connectivity index (χ2n) is 6.68. The number of hydrogen-bond acceptors (Lipinski definition) is 3. The quantitative estimate of drug-likeness (QED) is 0.928. The van der Waals surface area contributed by atoms with Crippen LogP contribution in [0.2, 0.25) is 0 Å². The van der Waals surface area contributed by atoms with Crippen molar-refractivity contribution >= 4 is 5.91 Å². The largest absolute Gasteiger partial charge is 0.349 e. The van der Waals surface area contributed by atoms with Gasteiger partial charge in [0.05, 0.1) is 6.04 Å². The first-order valence-electron chi connectivity index (χ1n) is 8.39. The molecule has 0 aliphatic heterocycles. The van der Waals surface area contributed by atoms with E-state index in [1.165, 1.54) is 16.7 Å². The van der Waals surface area contributed by atoms with Crippen molar-refractivity contribution in [2.24, 2.45) is 5.92 Å². The number of hydrogen-bond donors (Lipinski definition) is 1. The van der Waals surface area contributed by atoms with E-state index >= 15 is 0 Å². The molecule has 0 bridgehead atoms. The van der Waals surface area contributed by atoms with Crippen LogP contribution in [0.4, 0.5) is 0 Å². The Labute approximate surface area is 136 Å². The lowest BCUT2D eigenvalue weighted by Crippen LogP contribution is -2.36. The van der Waals surface area contributed by atoms with E-state index in [4.69, 9.17) is 0 Å². The second kappa shape index (κ2) is 5.76. The van der Waals surface area contributed by atoms with Crippen molar-refractivity contribution in [1.29, 1.82) is 0 Å². The van der Waals surface area contributed by atoms with E-state index in [1.807, 2.05) is 6.20 Å². The monoisotopic (exact) mass is 307 g/mol. The number of carbonyl (C=O) groups is 1. The minimum absolute atomic E-state index is 0.0439. The molecule has 4 rings (SSSR count). The van der Waals surface area contributed by atoms with E-state index in [2.05, 4.69) is 40.4 Å². The van der Waals surface area contributed by atoms with E-state index in [1.54, 1.807) is 6.33 Å². The van der Waals surface area contributed by atoms with E-state index in [0.29, 0.717) is 0 Å². The number of carbonyl (C=O) groups excluding carboxylic acids is 1. The number of aromatic nitrogens is 2. The number of fused-ring (bicyclic) bond motifs is 2. The molecule has 1 aromatic heterocycles. The summed E-state index contributed by atoms with van der Waals surface area (Å²) >= 11 is 0. The molecule has 1 heterocycles. The third-order valence-electron chi connectivity index (χ3n) is 5.27. The molecule has 1 amide bonds. The Morgan fingerprint density at radius 3 is 3.09 bits per heavy atom. The Hall–Kier alpha value is -2.23. The van der Waals surface area contributed by atoms with E-state index in [-0.39, 0.29) is 17.9 Å². The van der Waals surface area contributed by atoms with Gasteiger partial charge < -0.3 is 5.32 Å². The van der Waals surface area contributed by atoms with Gasteiger partial charge in [-0.25, -0.2) is 9.97 Å². The molecule has 4 nitrogen and oxygen atoms in total. The molecule has 118 valence electrons. The third-order valence-corrected chi connectivity index (χ3v) is 5.27. The van der Waals surface area contributed by atoms with Gasteiger partial charge in [0.15, 0.2) is 0 Å². The predicted molar refractivity (Wildman–Crippen MR) is 87.9 cm³/mol. The molecule has 0 saturated heterocycles. The molecular formula is C19H21N3O. The Kier molecular flexibility index (Phi) is 3.60. The average Bonchev–Trinajstić information content (AvgIpc) is 2.99. The summed E-state index contributed by atoms with van der Waals surface area (Å²) in [5.41, 5.74) is 6.29. The van der Waals surface area contributed by atoms with Crippen LogP contribution < -0.4 is 5.32 Å². The highest BCUT2D eigenvalue weighted by atomic mass is 16.1. The predicted octanol–water partition coefficient (Wildman–Crippen LogP) is 2.69. The number of nitrogens with one attached hydrogen (secondary N) is 1. The van der Waals surface area contributed by atoms with Crippen molar-refractivity contribution in [2.75, 3.05) is 0 Å². The molecule has 0 fully saturated rings. The molecule has 2 aliphatic carbocycles. The van der Waals surface area contributed by atoms with Gasteiger partial charge in [-0.15, -0.1) is 0 Å². The second-order valence-corrected chi connectivity index (χ2v) is 6.68. The lowest BCUT2D eigenvalue weighted by atomic mass is 9.86. The van der Waals surface area contributed by atoms with Gasteiger partial charge in [0.25, 0.3) is 0 Å². The van der Waals surface area contributed by atoms with E-state index in [9.17, 15) is 4.79 Å². The van der Waals surface area contributed by atoms with Crippen LogP contribution >= 0.6 is 0 Å². The van der Waals surface area contributed by atoms with E-state index < -0.39 is 0 Å². The summed E-state index contributed by atoms with van der Waals surface area (Å²) in [7, 11) is 0. The van der Waals surface area contributed by atoms with Crippen LogP contribution in [0.15, 0.2) is 30.7 Å². The molecule has 1 aromatic carbocycles. The lowest BCUT2D eigenvalue weighted by molar-refractivity contribution is -0.126. The Morgan fingerprint density at radius 1 is 1.26 bits per heavy atom. The van der Waals surface area contributed by atoms with Gasteiger partial charge in [-0.2, -0.15) is 0 Å². The van der Waals surface area contributed by atoms with Crippen molar-refractivity contribution < 1.29 is 4.79 Å². The van der Waals surface area contributed by atoms with Gasteiger partial charge in [0.2, 0.25) is 5.91 Å². The zero-order valence-corrected chi connectivity index (χ0v) is 13.4. The summed E-state index contributed by atoms with van der Waals surface area (Å²) in [5.74, 6) is 0.223. The SMILES string of the molecule is Cc1cccc2c1CCC2NC(=O)C1CCc2ncncc2C1. The Balaban J connectivity index is 1.47. The van der Waals surface area contributed by atoms with Crippen LogP contribution in [0, 0.1) is 12.8 Å². The number of benzene rings is 1. The molecule has 23 heavy (non-hydrogen) atoms. The Morgan fingerprint density at radius 2 is 2.17 bits per heavy atom. The first-order valence-corrected chi connectivity index (χ1v) is 8.39. The van der Waals surface area contributed by atoms with Crippen LogP contribution in [0.1, 0.15) is 46.8 Å². The van der Waals surface area contributed by atoms with Gasteiger partial charge >= 0.3 is 0 Å². The topological polar surface area (TPSA) is 54.9 Å². The summed E-state index contributed by atoms with van der Waals surface area (Å²) in [6, 6.07) is 6.57. The van der Waals surface area contributed by atoms with Gasteiger partial charge in [-0.3, -0.25) is 4.79 Å². The molecular weight excluding hydrogens is 286 g/mol. The summed E-state index contributed by atoms with van der Waals surface area (Å²) < 4.78 is 0. The molecule has 0 saturated carbocycles. The van der Waals surface area contributed by atoms with Gasteiger partial charge in [0.1, 0.15) is 6.33 Å². The molecule has 4 heteroatoms. The molecule has 2 aliphatic rings. The summed E-state index contributed by atoms with van der Waals surface area (Å²) in [4.78, 5) is 21.1. The van der Waals surface area contributed by atoms with Crippen LogP contribution in [0.3, 0.4) is 0 Å². The third kappa shape index (κ3) is 2.62. The highest BCUT2D eigenvalue weighted by Crippen LogP contribution is 2.33. The van der Waals surface area contributed by atoms with Crippen LogP contribution in [0.25, 0.3) is 0 Å². The average molecular weight is 307 g/mol. The van der Waals surface area contributed by atoms with Crippen LogP contribution in [-0.2, 0) is 24.1 Å². The zero-order chi connectivity index (χ0) is 15.8. The molecule has 1 N–H and O–H groups in total. The normalized spacial score (nSPS) is 22.3. The maximum absolute atomic E-state index is 12.7. The van der Waals surface area contributed by atoms with Crippen LogP contribution in [-0.4, -0.2) is 15.9 Å². The van der Waals surface area contributed by atoms with Gasteiger partial charge in [-0.1, -0.05) is 18.2 Å². The highest BCUT2D eigenvalue weighted by molar-refractivity contribution is 5.80. The smallest absolute Gasteiger partial charge is 0.223 e. The number of amides is 1. The molecule has 0 radical (unpaired) electrons. The lowest BCUT2D eigenvalue weighted by Gasteiger charge is -2.24. The standard InChI is InChI=1S/C19H21N3O/c1-12-3-2-4-16-15(12)6-8-18(16)22-19(23)13-5-7-17-14(9-13)10-20-11-21-17/h2-4,10-11,13,18H,5-9H2,1H3,(H,22,23). The molecule has 2 unspecified atom stereocenters. The van der Waals surface area contributed by atoms with Gasteiger partial charge in [0, 0.05) is 17.8 Å². The fraction of sp³-hybridized carbons (Fsp3) is 0.421. The summed E-state index contributed by atoms with van der Waals surface area (Å²) in [6.07, 6.45) is 8.04. The Bertz CT molecular complexity index is 756. The summed E-state index contributed by atoms with van der Waals surface area (Å²) in [5, 5.41) is 3.28. The fourth-order valence-electron chi connectivity index (χ4n) is 3.96. The van der Waals surface area contributed by atoms with Gasteiger partial charge in [-0.05, 0) is 61.3 Å².